The monoisotopic (exact) mass is 268 g/mol. The fourth-order valence-corrected chi connectivity index (χ4v) is 3.18. The minimum atomic E-state index is -0.286. The van der Waals surface area contributed by atoms with E-state index >= 15 is 0 Å². The van der Waals surface area contributed by atoms with Gasteiger partial charge in [-0.15, -0.1) is 0 Å². The fourth-order valence-electron chi connectivity index (χ4n) is 3.18. The molecule has 2 aliphatic rings. The lowest BCUT2D eigenvalue weighted by Gasteiger charge is -2.39. The molecule has 3 N–H and O–H groups in total. The number of hydrogen-bond acceptors (Lipinski definition) is 2. The predicted molar refractivity (Wildman–Crippen MR) is 75.9 cm³/mol. The summed E-state index contributed by atoms with van der Waals surface area (Å²) >= 11 is 0. The molecule has 0 aromatic heterocycles. The number of urea groups is 1. The SMILES string of the molecule is CC1(CNC(=O)NCC2(C)CCCCC2O)CCC1. The van der Waals surface area contributed by atoms with Crippen LogP contribution in [0.5, 0.6) is 0 Å². The summed E-state index contributed by atoms with van der Waals surface area (Å²) in [5.41, 5.74) is 0.154. The van der Waals surface area contributed by atoms with Crippen molar-refractivity contribution in [1.29, 1.82) is 0 Å². The van der Waals surface area contributed by atoms with E-state index in [2.05, 4.69) is 24.5 Å². The van der Waals surface area contributed by atoms with Crippen LogP contribution in [0.4, 0.5) is 4.79 Å². The molecule has 0 aromatic carbocycles. The third-order valence-corrected chi connectivity index (χ3v) is 5.17. The highest BCUT2D eigenvalue weighted by atomic mass is 16.3. The van der Waals surface area contributed by atoms with Crippen molar-refractivity contribution >= 4 is 6.03 Å². The molecule has 4 nitrogen and oxygen atoms in total. The Morgan fingerprint density at radius 1 is 1.11 bits per heavy atom. The van der Waals surface area contributed by atoms with Gasteiger partial charge in [0.25, 0.3) is 0 Å². The molecule has 2 amide bonds. The number of aliphatic hydroxyl groups excluding tert-OH is 1. The van der Waals surface area contributed by atoms with Gasteiger partial charge in [0.1, 0.15) is 0 Å². The standard InChI is InChI=1S/C15H28N2O2/c1-14(7-5-8-14)10-16-13(19)17-11-15(2)9-4-3-6-12(15)18/h12,18H,3-11H2,1-2H3,(H2,16,17,19). The fraction of sp³-hybridized carbons (Fsp3) is 0.933. The Balaban J connectivity index is 1.70. The maximum absolute atomic E-state index is 11.8. The second-order valence-electron chi connectivity index (χ2n) is 7.12. The van der Waals surface area contributed by atoms with E-state index in [0.29, 0.717) is 12.0 Å². The van der Waals surface area contributed by atoms with Gasteiger partial charge in [-0.05, 0) is 31.1 Å². The Hall–Kier alpha value is -0.770. The molecule has 2 rings (SSSR count). The van der Waals surface area contributed by atoms with Gasteiger partial charge in [0.05, 0.1) is 6.10 Å². The van der Waals surface area contributed by atoms with E-state index in [1.54, 1.807) is 0 Å². The van der Waals surface area contributed by atoms with Gasteiger partial charge >= 0.3 is 6.03 Å². The van der Waals surface area contributed by atoms with Gasteiger partial charge in [-0.2, -0.15) is 0 Å². The molecule has 2 aliphatic carbocycles. The first-order chi connectivity index (χ1) is 8.94. The largest absolute Gasteiger partial charge is 0.392 e. The molecule has 0 saturated heterocycles. The van der Waals surface area contributed by atoms with Crippen molar-refractivity contribution in [1.82, 2.24) is 10.6 Å². The lowest BCUT2D eigenvalue weighted by atomic mass is 9.70. The number of hydrogen-bond donors (Lipinski definition) is 3. The molecular formula is C15H28N2O2. The van der Waals surface area contributed by atoms with Crippen molar-refractivity contribution in [3.8, 4) is 0 Å². The van der Waals surface area contributed by atoms with Crippen molar-refractivity contribution in [2.45, 2.75) is 64.9 Å². The van der Waals surface area contributed by atoms with Crippen molar-refractivity contribution < 1.29 is 9.90 Å². The molecule has 0 radical (unpaired) electrons. The molecule has 2 atom stereocenters. The van der Waals surface area contributed by atoms with Crippen molar-refractivity contribution in [2.24, 2.45) is 10.8 Å². The zero-order valence-corrected chi connectivity index (χ0v) is 12.3. The molecule has 19 heavy (non-hydrogen) atoms. The van der Waals surface area contributed by atoms with E-state index in [-0.39, 0.29) is 17.6 Å². The van der Waals surface area contributed by atoms with Crippen molar-refractivity contribution in [3.63, 3.8) is 0 Å². The molecule has 0 bridgehead atoms. The normalized spacial score (nSPS) is 33.3. The summed E-state index contributed by atoms with van der Waals surface area (Å²) in [6.45, 7) is 5.63. The van der Waals surface area contributed by atoms with Gasteiger partial charge in [0, 0.05) is 18.5 Å². The second kappa shape index (κ2) is 5.70. The van der Waals surface area contributed by atoms with Crippen LogP contribution in [0.25, 0.3) is 0 Å². The van der Waals surface area contributed by atoms with Crippen LogP contribution in [0.15, 0.2) is 0 Å². The first kappa shape index (κ1) is 14.6. The summed E-state index contributed by atoms with van der Waals surface area (Å²) in [5, 5.41) is 16.0. The van der Waals surface area contributed by atoms with E-state index in [1.807, 2.05) is 0 Å². The topological polar surface area (TPSA) is 61.4 Å². The van der Waals surface area contributed by atoms with Gasteiger partial charge in [-0.25, -0.2) is 4.79 Å². The van der Waals surface area contributed by atoms with E-state index < -0.39 is 0 Å². The summed E-state index contributed by atoms with van der Waals surface area (Å²) in [4.78, 5) is 11.8. The van der Waals surface area contributed by atoms with Crippen molar-refractivity contribution in [2.75, 3.05) is 13.1 Å². The van der Waals surface area contributed by atoms with Crippen LogP contribution in [0.3, 0.4) is 0 Å². The smallest absolute Gasteiger partial charge is 0.314 e. The van der Waals surface area contributed by atoms with Gasteiger partial charge < -0.3 is 15.7 Å². The molecule has 0 heterocycles. The van der Waals surface area contributed by atoms with E-state index in [4.69, 9.17) is 0 Å². The van der Waals surface area contributed by atoms with E-state index in [1.165, 1.54) is 19.3 Å². The number of nitrogens with one attached hydrogen (secondary N) is 2. The maximum atomic E-state index is 11.8. The molecule has 2 fully saturated rings. The van der Waals surface area contributed by atoms with Crippen LogP contribution in [0.1, 0.15) is 58.8 Å². The van der Waals surface area contributed by atoms with Gasteiger partial charge in [-0.3, -0.25) is 0 Å². The molecule has 2 unspecified atom stereocenters. The van der Waals surface area contributed by atoms with Gasteiger partial charge in [-0.1, -0.05) is 33.1 Å². The third kappa shape index (κ3) is 3.62. The van der Waals surface area contributed by atoms with Crippen LogP contribution in [0, 0.1) is 10.8 Å². The van der Waals surface area contributed by atoms with Gasteiger partial charge in [0.15, 0.2) is 0 Å². The average molecular weight is 268 g/mol. The first-order valence-corrected chi connectivity index (χ1v) is 7.63. The molecule has 110 valence electrons. The van der Waals surface area contributed by atoms with Gasteiger partial charge in [0.2, 0.25) is 0 Å². The highest BCUT2D eigenvalue weighted by molar-refractivity contribution is 5.73. The summed E-state index contributed by atoms with van der Waals surface area (Å²) in [6.07, 6.45) is 7.52. The minimum absolute atomic E-state index is 0.0906. The van der Waals surface area contributed by atoms with Crippen LogP contribution in [0.2, 0.25) is 0 Å². The maximum Gasteiger partial charge on any atom is 0.314 e. The summed E-state index contributed by atoms with van der Waals surface area (Å²) in [5.74, 6) is 0. The summed E-state index contributed by atoms with van der Waals surface area (Å²) in [6, 6.07) is -0.0906. The number of rotatable bonds is 4. The number of aliphatic hydroxyl groups is 1. The molecule has 0 aromatic rings. The Kier molecular flexibility index (Phi) is 4.39. The summed E-state index contributed by atoms with van der Waals surface area (Å²) < 4.78 is 0. The van der Waals surface area contributed by atoms with E-state index in [9.17, 15) is 9.90 Å². The van der Waals surface area contributed by atoms with Crippen LogP contribution >= 0.6 is 0 Å². The number of carbonyl (C=O) groups excluding carboxylic acids is 1. The molecule has 4 heteroatoms. The lowest BCUT2D eigenvalue weighted by Crippen LogP contribution is -2.49. The zero-order chi connectivity index (χ0) is 13.9. The highest BCUT2D eigenvalue weighted by Gasteiger charge is 2.36. The van der Waals surface area contributed by atoms with Crippen molar-refractivity contribution in [3.05, 3.63) is 0 Å². The lowest BCUT2D eigenvalue weighted by molar-refractivity contribution is 0.00300. The van der Waals surface area contributed by atoms with Crippen LogP contribution in [-0.4, -0.2) is 30.3 Å². The minimum Gasteiger partial charge on any atom is -0.392 e. The zero-order valence-electron chi connectivity index (χ0n) is 12.3. The Bertz CT molecular complexity index is 328. The Labute approximate surface area is 116 Å². The second-order valence-corrected chi connectivity index (χ2v) is 7.12. The Morgan fingerprint density at radius 2 is 1.79 bits per heavy atom. The number of amides is 2. The quantitative estimate of drug-likeness (QED) is 0.733. The number of carbonyl (C=O) groups is 1. The predicted octanol–water partition coefficient (Wildman–Crippen LogP) is 2.42. The van der Waals surface area contributed by atoms with Crippen LogP contribution in [-0.2, 0) is 0 Å². The average Bonchev–Trinajstić information content (AvgIpc) is 2.35. The Morgan fingerprint density at radius 3 is 2.37 bits per heavy atom. The highest BCUT2D eigenvalue weighted by Crippen LogP contribution is 2.39. The molecular weight excluding hydrogens is 240 g/mol. The third-order valence-electron chi connectivity index (χ3n) is 5.17. The molecule has 0 aliphatic heterocycles. The molecule has 2 saturated carbocycles. The van der Waals surface area contributed by atoms with E-state index in [0.717, 1.165) is 32.2 Å². The summed E-state index contributed by atoms with van der Waals surface area (Å²) in [7, 11) is 0. The first-order valence-electron chi connectivity index (χ1n) is 7.63. The molecule has 0 spiro atoms. The van der Waals surface area contributed by atoms with Crippen LogP contribution < -0.4 is 10.6 Å².